The quantitative estimate of drug-likeness (QED) is 0.656. The molecule has 2 heterocycles. The maximum atomic E-state index is 14.1. The molecule has 5 N–H and O–H groups in total. The molecule has 0 radical (unpaired) electrons. The fourth-order valence-corrected chi connectivity index (χ4v) is 3.69. The number of amides is 1. The van der Waals surface area contributed by atoms with Crippen LogP contribution in [0.25, 0.3) is 0 Å². The van der Waals surface area contributed by atoms with E-state index in [0.29, 0.717) is 12.4 Å². The van der Waals surface area contributed by atoms with Gasteiger partial charge in [-0.3, -0.25) is 4.79 Å². The summed E-state index contributed by atoms with van der Waals surface area (Å²) in [5.41, 5.74) is 8.64. The summed E-state index contributed by atoms with van der Waals surface area (Å²) in [7, 11) is 0. The molecule has 136 valence electrons. The largest absolute Gasteiger partial charge is 0.384 e. The van der Waals surface area contributed by atoms with Gasteiger partial charge < -0.3 is 21.7 Å². The number of anilines is 4. The van der Waals surface area contributed by atoms with E-state index in [1.54, 1.807) is 0 Å². The van der Waals surface area contributed by atoms with Crippen molar-refractivity contribution in [3.8, 4) is 0 Å². The lowest BCUT2D eigenvalue weighted by Gasteiger charge is -2.19. The Labute approximate surface area is 150 Å². The molecule has 0 unspecified atom stereocenters. The summed E-state index contributed by atoms with van der Waals surface area (Å²) < 4.78 is 14.1. The lowest BCUT2D eigenvalue weighted by atomic mass is 10.0. The molecule has 2 atom stereocenters. The molecule has 0 spiro atoms. The van der Waals surface area contributed by atoms with Crippen LogP contribution in [0.4, 0.5) is 27.5 Å². The van der Waals surface area contributed by atoms with Gasteiger partial charge in [0.25, 0.3) is 0 Å². The lowest BCUT2D eigenvalue weighted by Crippen LogP contribution is -2.34. The highest BCUT2D eigenvalue weighted by molar-refractivity contribution is 5.78. The number of rotatable bonds is 5. The minimum Gasteiger partial charge on any atom is -0.384 e. The molecule has 1 aromatic heterocycles. The van der Waals surface area contributed by atoms with Gasteiger partial charge in [0.1, 0.15) is 0 Å². The van der Waals surface area contributed by atoms with Gasteiger partial charge in [0, 0.05) is 24.0 Å². The molecule has 26 heavy (non-hydrogen) atoms. The summed E-state index contributed by atoms with van der Waals surface area (Å²) in [6.45, 7) is 0.933. The van der Waals surface area contributed by atoms with Crippen LogP contribution in [0, 0.1) is 11.7 Å². The third-order valence-corrected chi connectivity index (χ3v) is 5.02. The Bertz CT molecular complexity index is 842. The summed E-state index contributed by atoms with van der Waals surface area (Å²) in [5.74, 6) is -0.828. The van der Waals surface area contributed by atoms with Gasteiger partial charge >= 0.3 is 0 Å². The molecule has 4 rings (SSSR count). The van der Waals surface area contributed by atoms with E-state index >= 15 is 0 Å². The molecular formula is C18H21FN6O. The number of nitrogens with zero attached hydrogens (tertiary/aromatic N) is 2. The van der Waals surface area contributed by atoms with Gasteiger partial charge in [0.05, 0.1) is 12.1 Å². The van der Waals surface area contributed by atoms with E-state index in [1.807, 2.05) is 18.2 Å². The normalized spacial score (nSPS) is 21.1. The molecule has 1 aliphatic carbocycles. The second-order valence-corrected chi connectivity index (χ2v) is 6.75. The minimum atomic E-state index is -0.552. The molecule has 0 saturated heterocycles. The predicted molar refractivity (Wildman–Crippen MR) is 97.9 cm³/mol. The van der Waals surface area contributed by atoms with E-state index in [-0.39, 0.29) is 23.7 Å². The van der Waals surface area contributed by atoms with Crippen LogP contribution in [0.1, 0.15) is 24.8 Å². The summed E-state index contributed by atoms with van der Waals surface area (Å²) in [6.07, 6.45) is 4.46. The summed E-state index contributed by atoms with van der Waals surface area (Å²) in [5, 5.41) is 9.45. The van der Waals surface area contributed by atoms with Gasteiger partial charge in [-0.05, 0) is 43.0 Å². The predicted octanol–water partition coefficient (Wildman–Crippen LogP) is 2.39. The second-order valence-electron chi connectivity index (χ2n) is 6.75. The molecule has 0 bridgehead atoms. The first-order valence-corrected chi connectivity index (χ1v) is 8.82. The standard InChI is InChI=1S/C18H21FN6O/c19-13-9-22-18(23-11-4-5-14-10(8-11)6-7-21-14)25-17(13)24-15-3-1-2-12(15)16(20)26/h4-5,8-9,12,15,21H,1-3,6-7H2,(H2,20,26)(H2,22,23,24,25)/t12-,15+/m1/s1. The highest BCUT2D eigenvalue weighted by Crippen LogP contribution is 2.30. The molecule has 2 aromatic rings. The maximum absolute atomic E-state index is 14.1. The number of carbonyl (C=O) groups is 1. The fraction of sp³-hybridized carbons (Fsp3) is 0.389. The molecule has 2 aliphatic rings. The highest BCUT2D eigenvalue weighted by atomic mass is 19.1. The first-order valence-electron chi connectivity index (χ1n) is 8.82. The Balaban J connectivity index is 1.52. The summed E-state index contributed by atoms with van der Waals surface area (Å²) >= 11 is 0. The van der Waals surface area contributed by atoms with Gasteiger partial charge in [0.2, 0.25) is 11.9 Å². The molecule has 7 nitrogen and oxygen atoms in total. The zero-order chi connectivity index (χ0) is 18.1. The summed E-state index contributed by atoms with van der Waals surface area (Å²) in [6, 6.07) is 5.77. The number of carbonyl (C=O) groups excluding carboxylic acids is 1. The molecule has 1 fully saturated rings. The van der Waals surface area contributed by atoms with E-state index in [9.17, 15) is 9.18 Å². The fourth-order valence-electron chi connectivity index (χ4n) is 3.69. The first kappa shape index (κ1) is 16.6. The molecule has 1 aliphatic heterocycles. The van der Waals surface area contributed by atoms with E-state index in [4.69, 9.17) is 5.73 Å². The number of hydrogen-bond donors (Lipinski definition) is 4. The molecule has 1 aromatic carbocycles. The third kappa shape index (κ3) is 3.26. The molecule has 1 saturated carbocycles. The number of benzene rings is 1. The zero-order valence-corrected chi connectivity index (χ0v) is 14.3. The van der Waals surface area contributed by atoms with E-state index < -0.39 is 5.82 Å². The number of nitrogens with one attached hydrogen (secondary N) is 3. The Hall–Kier alpha value is -2.90. The third-order valence-electron chi connectivity index (χ3n) is 5.02. The zero-order valence-electron chi connectivity index (χ0n) is 14.3. The smallest absolute Gasteiger partial charge is 0.229 e. The van der Waals surface area contributed by atoms with Crippen LogP contribution in [0.3, 0.4) is 0 Å². The number of primary amides is 1. The van der Waals surface area contributed by atoms with Crippen LogP contribution >= 0.6 is 0 Å². The number of aromatic nitrogens is 2. The Morgan fingerprint density at radius 2 is 2.23 bits per heavy atom. The van der Waals surface area contributed by atoms with Crippen LogP contribution in [-0.4, -0.2) is 28.5 Å². The van der Waals surface area contributed by atoms with E-state index in [0.717, 1.165) is 43.4 Å². The van der Waals surface area contributed by atoms with Gasteiger partial charge in [-0.1, -0.05) is 6.42 Å². The van der Waals surface area contributed by atoms with Crippen molar-refractivity contribution in [3.05, 3.63) is 35.8 Å². The van der Waals surface area contributed by atoms with Crippen molar-refractivity contribution in [1.82, 2.24) is 9.97 Å². The number of fused-ring (bicyclic) bond motifs is 1. The first-order chi connectivity index (χ1) is 12.6. The van der Waals surface area contributed by atoms with Crippen molar-refractivity contribution in [2.75, 3.05) is 22.5 Å². The van der Waals surface area contributed by atoms with Crippen molar-refractivity contribution < 1.29 is 9.18 Å². The van der Waals surface area contributed by atoms with Gasteiger partial charge in [-0.15, -0.1) is 0 Å². The molecule has 1 amide bonds. The number of hydrogen-bond acceptors (Lipinski definition) is 6. The van der Waals surface area contributed by atoms with Crippen LogP contribution in [-0.2, 0) is 11.2 Å². The van der Waals surface area contributed by atoms with Crippen molar-refractivity contribution >= 4 is 29.0 Å². The molecule has 8 heteroatoms. The number of nitrogens with two attached hydrogens (primary N) is 1. The molecular weight excluding hydrogens is 335 g/mol. The van der Waals surface area contributed by atoms with Crippen LogP contribution < -0.4 is 21.7 Å². The maximum Gasteiger partial charge on any atom is 0.229 e. The average Bonchev–Trinajstić information content (AvgIpc) is 3.26. The average molecular weight is 356 g/mol. The van der Waals surface area contributed by atoms with Crippen LogP contribution in [0.2, 0.25) is 0 Å². The van der Waals surface area contributed by atoms with Crippen molar-refractivity contribution in [3.63, 3.8) is 0 Å². The van der Waals surface area contributed by atoms with E-state index in [1.165, 1.54) is 5.56 Å². The topological polar surface area (TPSA) is 105 Å². The lowest BCUT2D eigenvalue weighted by molar-refractivity contribution is -0.121. The van der Waals surface area contributed by atoms with Crippen molar-refractivity contribution in [2.45, 2.75) is 31.7 Å². The Morgan fingerprint density at radius 1 is 1.35 bits per heavy atom. The van der Waals surface area contributed by atoms with Gasteiger partial charge in [-0.2, -0.15) is 4.98 Å². The van der Waals surface area contributed by atoms with Crippen molar-refractivity contribution in [2.24, 2.45) is 11.7 Å². The van der Waals surface area contributed by atoms with E-state index in [2.05, 4.69) is 25.9 Å². The monoisotopic (exact) mass is 356 g/mol. The minimum absolute atomic E-state index is 0.0866. The second kappa shape index (κ2) is 6.78. The van der Waals surface area contributed by atoms with Crippen LogP contribution in [0.15, 0.2) is 24.4 Å². The van der Waals surface area contributed by atoms with Crippen molar-refractivity contribution in [1.29, 1.82) is 0 Å². The summed E-state index contributed by atoms with van der Waals surface area (Å²) in [4.78, 5) is 19.8. The highest BCUT2D eigenvalue weighted by Gasteiger charge is 2.32. The van der Waals surface area contributed by atoms with Gasteiger partial charge in [-0.25, -0.2) is 9.37 Å². The number of halogens is 1. The Morgan fingerprint density at radius 3 is 3.08 bits per heavy atom. The Kier molecular flexibility index (Phi) is 4.32. The van der Waals surface area contributed by atoms with Crippen LogP contribution in [0.5, 0.6) is 0 Å². The van der Waals surface area contributed by atoms with Gasteiger partial charge in [0.15, 0.2) is 11.6 Å². The SMILES string of the molecule is NC(=O)[C@@H]1CCC[C@@H]1Nc1nc(Nc2ccc3c(c2)CCN3)ncc1F.